The maximum atomic E-state index is 11.4. The fourth-order valence-electron chi connectivity index (χ4n) is 2.08. The summed E-state index contributed by atoms with van der Waals surface area (Å²) in [6.45, 7) is 1.80. The van der Waals surface area contributed by atoms with Crippen molar-refractivity contribution in [3.05, 3.63) is 44.2 Å². The summed E-state index contributed by atoms with van der Waals surface area (Å²) in [6, 6.07) is 0. The first-order valence-corrected chi connectivity index (χ1v) is 7.21. The molecule has 0 aliphatic rings. The summed E-state index contributed by atoms with van der Waals surface area (Å²) in [7, 11) is 3.16. The number of aromatic amines is 2. The zero-order chi connectivity index (χ0) is 17.4. The molecular formula is C13H13ClN8O2. The van der Waals surface area contributed by atoms with E-state index in [1.54, 1.807) is 27.2 Å². The zero-order valence-corrected chi connectivity index (χ0v) is 13.8. The molecule has 0 aliphatic carbocycles. The summed E-state index contributed by atoms with van der Waals surface area (Å²) in [5, 5.41) is 7.85. The molecule has 4 aromatic heterocycles. The number of hydrogen-bond acceptors (Lipinski definition) is 6. The molecular weight excluding hydrogens is 336 g/mol. The molecule has 0 amide bonds. The van der Waals surface area contributed by atoms with Crippen LogP contribution in [-0.4, -0.2) is 39.5 Å². The third-order valence-corrected chi connectivity index (χ3v) is 3.45. The van der Waals surface area contributed by atoms with Crippen molar-refractivity contribution in [1.29, 1.82) is 0 Å². The Bertz CT molecular complexity index is 1060. The first-order chi connectivity index (χ1) is 11.4. The Morgan fingerprint density at radius 2 is 1.42 bits per heavy atom. The predicted molar refractivity (Wildman–Crippen MR) is 88.0 cm³/mol. The van der Waals surface area contributed by atoms with Crippen molar-refractivity contribution in [3.63, 3.8) is 0 Å². The van der Waals surface area contributed by atoms with Gasteiger partial charge in [0.1, 0.15) is 5.82 Å². The lowest BCUT2D eigenvalue weighted by molar-refractivity contribution is 0.716. The summed E-state index contributed by atoms with van der Waals surface area (Å²) in [4.78, 5) is 36.2. The number of halogens is 1. The lowest BCUT2D eigenvalue weighted by Crippen LogP contribution is -2.18. The van der Waals surface area contributed by atoms with Crippen LogP contribution in [0.15, 0.2) is 22.0 Å². The molecule has 0 aromatic carbocycles. The number of nitrogens with one attached hydrogen (secondary N) is 2. The molecule has 124 valence electrons. The van der Waals surface area contributed by atoms with Crippen molar-refractivity contribution in [2.75, 3.05) is 0 Å². The van der Waals surface area contributed by atoms with Gasteiger partial charge in [-0.2, -0.15) is 10.2 Å². The molecule has 0 saturated carbocycles. The van der Waals surface area contributed by atoms with E-state index in [-0.39, 0.29) is 16.4 Å². The smallest absolute Gasteiger partial charge is 0.294 e. The number of imidazole rings is 2. The molecule has 2 N–H and O–H groups in total. The Hall–Kier alpha value is -3.01. The Kier molecular flexibility index (Phi) is 3.89. The average molecular weight is 349 g/mol. The van der Waals surface area contributed by atoms with E-state index < -0.39 is 0 Å². The number of fused-ring (bicyclic) bond motifs is 2. The number of nitrogens with zero attached hydrogens (tertiary/aromatic N) is 6. The maximum absolute atomic E-state index is 11.4. The summed E-state index contributed by atoms with van der Waals surface area (Å²) >= 11 is 5.56. The van der Waals surface area contributed by atoms with Gasteiger partial charge >= 0.3 is 0 Å². The van der Waals surface area contributed by atoms with Crippen LogP contribution in [0.5, 0.6) is 0 Å². The van der Waals surface area contributed by atoms with Crippen LogP contribution in [0.1, 0.15) is 5.82 Å². The lowest BCUT2D eigenvalue weighted by atomic mass is 10.5. The van der Waals surface area contributed by atoms with E-state index in [4.69, 9.17) is 11.6 Å². The summed E-state index contributed by atoms with van der Waals surface area (Å²) in [6.07, 6.45) is 3.10. The molecule has 10 nitrogen and oxygen atoms in total. The molecule has 0 aliphatic heterocycles. The van der Waals surface area contributed by atoms with Crippen LogP contribution in [-0.2, 0) is 14.1 Å². The molecule has 0 atom stereocenters. The fourth-order valence-corrected chi connectivity index (χ4v) is 2.27. The van der Waals surface area contributed by atoms with Crippen molar-refractivity contribution >= 4 is 33.7 Å². The average Bonchev–Trinajstić information content (AvgIpc) is 3.10. The normalized spacial score (nSPS) is 10.8. The van der Waals surface area contributed by atoms with E-state index in [0.29, 0.717) is 22.1 Å². The van der Waals surface area contributed by atoms with Crippen LogP contribution >= 0.6 is 11.6 Å². The van der Waals surface area contributed by atoms with Gasteiger partial charge in [-0.15, -0.1) is 0 Å². The topological polar surface area (TPSA) is 127 Å². The molecule has 24 heavy (non-hydrogen) atoms. The molecule has 0 unspecified atom stereocenters. The summed E-state index contributed by atoms with van der Waals surface area (Å²) in [5.74, 6) is 0.732. The minimum absolute atomic E-state index is 0.170. The number of aryl methyl sites for hydroxylation is 3. The van der Waals surface area contributed by atoms with Crippen molar-refractivity contribution in [2.45, 2.75) is 6.92 Å². The van der Waals surface area contributed by atoms with Crippen molar-refractivity contribution < 1.29 is 0 Å². The van der Waals surface area contributed by atoms with Crippen molar-refractivity contribution in [2.24, 2.45) is 14.1 Å². The monoisotopic (exact) mass is 348 g/mol. The predicted octanol–water partition coefficient (Wildman–Crippen LogP) is 0.275. The zero-order valence-electron chi connectivity index (χ0n) is 13.0. The second-order valence-corrected chi connectivity index (χ2v) is 5.38. The highest BCUT2D eigenvalue weighted by Crippen LogP contribution is 2.08. The molecule has 4 heterocycles. The molecule has 4 rings (SSSR count). The highest BCUT2D eigenvalue weighted by molar-refractivity contribution is 6.29. The van der Waals surface area contributed by atoms with Crippen LogP contribution in [0.4, 0.5) is 0 Å². The van der Waals surface area contributed by atoms with E-state index in [1.807, 2.05) is 0 Å². The quantitative estimate of drug-likeness (QED) is 0.469. The number of aromatic nitrogens is 8. The van der Waals surface area contributed by atoms with Gasteiger partial charge in [-0.05, 0) is 18.5 Å². The minimum atomic E-state index is -0.254. The van der Waals surface area contributed by atoms with E-state index in [0.717, 1.165) is 5.82 Å². The molecule has 11 heteroatoms. The highest BCUT2D eigenvalue weighted by Gasteiger charge is 2.06. The van der Waals surface area contributed by atoms with Crippen LogP contribution < -0.4 is 11.1 Å². The van der Waals surface area contributed by atoms with Gasteiger partial charge in [0.15, 0.2) is 11.0 Å². The standard InChI is InChI=1S/C7H8N4O.C6H5ClN4O/c1-4-9-5-3-8-11(2)7(12)6(5)10-4;1-11-5(12)4-3(2-8-11)9-6(7)10-4/h3H,1-2H3,(H,9,10);2H,1H3,(H,9,10). The largest absolute Gasteiger partial charge is 0.341 e. The van der Waals surface area contributed by atoms with Gasteiger partial charge < -0.3 is 9.97 Å². The van der Waals surface area contributed by atoms with Gasteiger partial charge in [-0.25, -0.2) is 19.3 Å². The van der Waals surface area contributed by atoms with E-state index in [1.165, 1.54) is 15.6 Å². The van der Waals surface area contributed by atoms with Gasteiger partial charge in [0.2, 0.25) is 5.28 Å². The summed E-state index contributed by atoms with van der Waals surface area (Å²) in [5.41, 5.74) is 1.59. The second-order valence-electron chi connectivity index (χ2n) is 5.02. The maximum Gasteiger partial charge on any atom is 0.294 e. The molecule has 0 radical (unpaired) electrons. The molecule has 0 fully saturated rings. The lowest BCUT2D eigenvalue weighted by Gasteiger charge is -1.91. The van der Waals surface area contributed by atoms with Gasteiger partial charge in [0.25, 0.3) is 11.1 Å². The van der Waals surface area contributed by atoms with Gasteiger partial charge in [0, 0.05) is 14.1 Å². The Morgan fingerprint density at radius 3 is 2.00 bits per heavy atom. The van der Waals surface area contributed by atoms with Gasteiger partial charge in [-0.3, -0.25) is 9.59 Å². The van der Waals surface area contributed by atoms with E-state index in [2.05, 4.69) is 30.1 Å². The Labute approximate surface area is 139 Å². The van der Waals surface area contributed by atoms with E-state index in [9.17, 15) is 9.59 Å². The second kappa shape index (κ2) is 5.89. The van der Waals surface area contributed by atoms with Gasteiger partial charge in [-0.1, -0.05) is 0 Å². The molecule has 0 saturated heterocycles. The van der Waals surface area contributed by atoms with Crippen LogP contribution in [0, 0.1) is 6.92 Å². The first-order valence-electron chi connectivity index (χ1n) is 6.83. The number of hydrogen-bond donors (Lipinski definition) is 2. The number of rotatable bonds is 0. The summed E-state index contributed by atoms with van der Waals surface area (Å²) < 4.78 is 2.47. The SMILES string of the molecule is Cc1nc2c(=O)n(C)ncc2[nH]1.Cn1ncc2[nH]c(Cl)nc2c1=O. The van der Waals surface area contributed by atoms with Crippen LogP contribution in [0.2, 0.25) is 5.28 Å². The Balaban J connectivity index is 0.000000141. The molecule has 0 bridgehead atoms. The van der Waals surface area contributed by atoms with Crippen molar-refractivity contribution in [1.82, 2.24) is 39.5 Å². The van der Waals surface area contributed by atoms with E-state index >= 15 is 0 Å². The first kappa shape index (κ1) is 15.9. The molecule has 0 spiro atoms. The Morgan fingerprint density at radius 1 is 0.917 bits per heavy atom. The minimum Gasteiger partial charge on any atom is -0.341 e. The van der Waals surface area contributed by atoms with Gasteiger partial charge in [0.05, 0.1) is 23.4 Å². The van der Waals surface area contributed by atoms with Crippen molar-refractivity contribution in [3.8, 4) is 0 Å². The third-order valence-electron chi connectivity index (χ3n) is 3.27. The third kappa shape index (κ3) is 2.78. The highest BCUT2D eigenvalue weighted by atomic mass is 35.5. The van der Waals surface area contributed by atoms with Crippen LogP contribution in [0.3, 0.4) is 0 Å². The van der Waals surface area contributed by atoms with Crippen LogP contribution in [0.25, 0.3) is 22.1 Å². The number of H-pyrrole nitrogens is 2. The molecule has 4 aromatic rings. The fraction of sp³-hybridized carbons (Fsp3) is 0.231.